The van der Waals surface area contributed by atoms with Crippen molar-refractivity contribution in [2.24, 2.45) is 25.9 Å². The summed E-state index contributed by atoms with van der Waals surface area (Å²) in [6.45, 7) is 4.02. The molecular formula is C29H35N7O. The van der Waals surface area contributed by atoms with E-state index in [1.54, 1.807) is 6.33 Å². The molecule has 3 aromatic heterocycles. The number of fused-ring (bicyclic) bond motifs is 1. The van der Waals surface area contributed by atoms with Crippen molar-refractivity contribution in [3.05, 3.63) is 71.6 Å². The number of anilines is 1. The molecule has 0 bridgehead atoms. The van der Waals surface area contributed by atoms with Crippen LogP contribution in [0.15, 0.2) is 48.9 Å². The summed E-state index contributed by atoms with van der Waals surface area (Å²) in [5.41, 5.74) is 4.11. The predicted molar refractivity (Wildman–Crippen MR) is 144 cm³/mol. The van der Waals surface area contributed by atoms with Crippen LogP contribution in [-0.2, 0) is 26.1 Å². The van der Waals surface area contributed by atoms with Gasteiger partial charge in [0.25, 0.3) is 5.91 Å². The van der Waals surface area contributed by atoms with Gasteiger partial charge in [-0.15, -0.1) is 10.2 Å². The number of aryl methyl sites for hydroxylation is 2. The Kier molecular flexibility index (Phi) is 6.07. The third-order valence-electron chi connectivity index (χ3n) is 8.34. The largest absolute Gasteiger partial charge is 0.336 e. The number of benzene rings is 1. The second kappa shape index (κ2) is 9.41. The number of pyridine rings is 1. The number of carbonyl (C=O) groups is 1. The zero-order valence-corrected chi connectivity index (χ0v) is 21.9. The highest BCUT2D eigenvalue weighted by atomic mass is 16.1. The van der Waals surface area contributed by atoms with Gasteiger partial charge in [-0.1, -0.05) is 25.5 Å². The molecule has 8 nitrogen and oxygen atoms in total. The van der Waals surface area contributed by atoms with Crippen LogP contribution in [0.4, 0.5) is 5.69 Å². The molecule has 8 heteroatoms. The average molecular weight is 498 g/mol. The van der Waals surface area contributed by atoms with E-state index in [0.29, 0.717) is 11.6 Å². The normalized spacial score (nSPS) is 21.5. The van der Waals surface area contributed by atoms with E-state index in [4.69, 9.17) is 4.98 Å². The van der Waals surface area contributed by atoms with Gasteiger partial charge in [-0.25, -0.2) is 4.98 Å². The van der Waals surface area contributed by atoms with Crippen molar-refractivity contribution >= 4 is 22.6 Å². The molecule has 0 aliphatic heterocycles. The first-order valence-electron chi connectivity index (χ1n) is 13.3. The number of hydrogen-bond acceptors (Lipinski definition) is 5. The Hall–Kier alpha value is -3.52. The average Bonchev–Trinajstić information content (AvgIpc) is 3.44. The van der Waals surface area contributed by atoms with E-state index in [1.807, 2.05) is 47.6 Å². The van der Waals surface area contributed by atoms with Gasteiger partial charge in [-0.2, -0.15) is 0 Å². The summed E-state index contributed by atoms with van der Waals surface area (Å²) < 4.78 is 3.99. The molecule has 4 aromatic rings. The number of rotatable bonds is 8. The first-order valence-corrected chi connectivity index (χ1v) is 13.3. The van der Waals surface area contributed by atoms with E-state index in [-0.39, 0.29) is 11.3 Å². The van der Waals surface area contributed by atoms with Crippen LogP contribution in [-0.4, -0.2) is 36.8 Å². The summed E-state index contributed by atoms with van der Waals surface area (Å²) in [5.74, 6) is 2.18. The molecule has 2 fully saturated rings. The number of hydrogen-bond donors (Lipinski definition) is 2. The Balaban J connectivity index is 1.25. The molecule has 2 aliphatic rings. The molecule has 192 valence electrons. The maximum atomic E-state index is 13.4. The second-order valence-electron chi connectivity index (χ2n) is 11.2. The smallest absolute Gasteiger partial charge is 0.274 e. The van der Waals surface area contributed by atoms with Crippen LogP contribution >= 0.6 is 0 Å². The van der Waals surface area contributed by atoms with Crippen LogP contribution in [0.3, 0.4) is 0 Å². The Morgan fingerprint density at radius 3 is 2.68 bits per heavy atom. The third-order valence-corrected chi connectivity index (χ3v) is 8.34. The molecule has 2 aliphatic carbocycles. The molecule has 2 saturated carbocycles. The number of amides is 1. The number of nitrogens with zero attached hydrogens (tertiary/aromatic N) is 5. The standard InChI is InChI=1S/C29H35N7O/c1-19-14-29(15-19,28-34-31-18-36(28)3)22-8-5-9-23(13-22)32-27(37)25-12-21(17-30-16-20-6-4-7-20)24-10-11-35(2)26(24)33-25/h5,8-13,18-20,30H,4,6-7,14-17H2,1-3H3,(H,32,37). The fourth-order valence-electron chi connectivity index (χ4n) is 6.15. The SMILES string of the molecule is CC1CC(c2cccc(NC(=O)c3cc(CNCC4CCC4)c4ccn(C)c4n3)c2)(c2nncn2C)C1. The molecular weight excluding hydrogens is 462 g/mol. The topological polar surface area (TPSA) is 89.7 Å². The van der Waals surface area contributed by atoms with Gasteiger partial charge in [0, 0.05) is 37.9 Å². The van der Waals surface area contributed by atoms with Gasteiger partial charge in [-0.05, 0) is 79.5 Å². The number of aromatic nitrogens is 5. The predicted octanol–water partition coefficient (Wildman–Crippen LogP) is 4.56. The molecule has 6 rings (SSSR count). The zero-order chi connectivity index (χ0) is 25.6. The van der Waals surface area contributed by atoms with Crippen molar-refractivity contribution in [3.8, 4) is 0 Å². The monoisotopic (exact) mass is 497 g/mol. The van der Waals surface area contributed by atoms with Crippen LogP contribution in [0.2, 0.25) is 0 Å². The maximum absolute atomic E-state index is 13.4. The Bertz CT molecular complexity index is 1440. The lowest BCUT2D eigenvalue weighted by atomic mass is 9.58. The summed E-state index contributed by atoms with van der Waals surface area (Å²) in [6.07, 6.45) is 9.76. The number of nitrogens with one attached hydrogen (secondary N) is 2. The van der Waals surface area contributed by atoms with Gasteiger partial charge in [0.05, 0.1) is 5.41 Å². The summed E-state index contributed by atoms with van der Waals surface area (Å²) in [6, 6.07) is 12.2. The fraction of sp³-hybridized carbons (Fsp3) is 0.448. The Labute approximate surface area is 217 Å². The van der Waals surface area contributed by atoms with Gasteiger partial charge < -0.3 is 19.8 Å². The lowest BCUT2D eigenvalue weighted by Gasteiger charge is -2.46. The summed E-state index contributed by atoms with van der Waals surface area (Å²) in [7, 11) is 3.97. The molecule has 0 radical (unpaired) electrons. The van der Waals surface area contributed by atoms with E-state index < -0.39 is 0 Å². The molecule has 3 heterocycles. The van der Waals surface area contributed by atoms with Crippen molar-refractivity contribution in [1.29, 1.82) is 0 Å². The lowest BCUT2D eigenvalue weighted by molar-refractivity contribution is 0.102. The van der Waals surface area contributed by atoms with E-state index in [0.717, 1.165) is 65.5 Å². The van der Waals surface area contributed by atoms with Gasteiger partial charge in [0.1, 0.15) is 23.5 Å². The van der Waals surface area contributed by atoms with Crippen molar-refractivity contribution < 1.29 is 4.79 Å². The Morgan fingerprint density at radius 1 is 1.14 bits per heavy atom. The molecule has 1 amide bonds. The van der Waals surface area contributed by atoms with E-state index in [2.05, 4.69) is 46.0 Å². The van der Waals surface area contributed by atoms with Crippen molar-refractivity contribution in [2.75, 3.05) is 11.9 Å². The van der Waals surface area contributed by atoms with Crippen molar-refractivity contribution in [2.45, 2.75) is 51.0 Å². The van der Waals surface area contributed by atoms with E-state index in [1.165, 1.54) is 19.3 Å². The molecule has 0 atom stereocenters. The molecule has 0 spiro atoms. The lowest BCUT2D eigenvalue weighted by Crippen LogP contribution is -2.43. The van der Waals surface area contributed by atoms with Crippen LogP contribution in [0.5, 0.6) is 0 Å². The molecule has 37 heavy (non-hydrogen) atoms. The minimum Gasteiger partial charge on any atom is -0.336 e. The van der Waals surface area contributed by atoms with E-state index in [9.17, 15) is 4.79 Å². The summed E-state index contributed by atoms with van der Waals surface area (Å²) in [4.78, 5) is 18.2. The quantitative estimate of drug-likeness (QED) is 0.373. The first kappa shape index (κ1) is 23.9. The summed E-state index contributed by atoms with van der Waals surface area (Å²) >= 11 is 0. The van der Waals surface area contributed by atoms with Gasteiger partial charge in [-0.3, -0.25) is 4.79 Å². The van der Waals surface area contributed by atoms with Gasteiger partial charge >= 0.3 is 0 Å². The first-order chi connectivity index (χ1) is 17.9. The molecule has 0 saturated heterocycles. The van der Waals surface area contributed by atoms with Crippen LogP contribution in [0.1, 0.15) is 66.5 Å². The fourth-order valence-corrected chi connectivity index (χ4v) is 6.15. The van der Waals surface area contributed by atoms with Gasteiger partial charge in [0.15, 0.2) is 0 Å². The highest BCUT2D eigenvalue weighted by Crippen LogP contribution is 2.51. The molecule has 0 unspecified atom stereocenters. The highest BCUT2D eigenvalue weighted by molar-refractivity contribution is 6.04. The second-order valence-corrected chi connectivity index (χ2v) is 11.2. The minimum atomic E-state index is -0.199. The third kappa shape index (κ3) is 4.33. The van der Waals surface area contributed by atoms with Crippen LogP contribution in [0.25, 0.3) is 11.0 Å². The highest BCUT2D eigenvalue weighted by Gasteiger charge is 2.48. The Morgan fingerprint density at radius 2 is 1.97 bits per heavy atom. The zero-order valence-electron chi connectivity index (χ0n) is 21.9. The minimum absolute atomic E-state index is 0.176. The van der Waals surface area contributed by atoms with E-state index >= 15 is 0 Å². The van der Waals surface area contributed by atoms with Crippen LogP contribution < -0.4 is 10.6 Å². The van der Waals surface area contributed by atoms with Gasteiger partial charge in [0.2, 0.25) is 0 Å². The number of carbonyl (C=O) groups excluding carboxylic acids is 1. The van der Waals surface area contributed by atoms with Crippen molar-refractivity contribution in [1.82, 2.24) is 29.6 Å². The molecule has 2 N–H and O–H groups in total. The van der Waals surface area contributed by atoms with Crippen molar-refractivity contribution in [3.63, 3.8) is 0 Å². The molecule has 1 aromatic carbocycles. The van der Waals surface area contributed by atoms with Crippen LogP contribution in [0, 0.1) is 11.8 Å². The summed E-state index contributed by atoms with van der Waals surface area (Å²) in [5, 5.41) is 16.4. The maximum Gasteiger partial charge on any atom is 0.274 e.